The summed E-state index contributed by atoms with van der Waals surface area (Å²) < 4.78 is 33.8. The molecule has 0 heterocycles. The minimum atomic E-state index is -3.93. The zero-order chi connectivity index (χ0) is 21.6. The van der Waals surface area contributed by atoms with Crippen molar-refractivity contribution in [3.63, 3.8) is 0 Å². The lowest BCUT2D eigenvalue weighted by molar-refractivity contribution is -0.117. The van der Waals surface area contributed by atoms with Gasteiger partial charge in [-0.1, -0.05) is 48.5 Å². The summed E-state index contributed by atoms with van der Waals surface area (Å²) in [5.41, 5.74) is 2.13. The number of rotatable bonds is 8. The largest absolute Gasteiger partial charge is 0.496 e. The van der Waals surface area contributed by atoms with Crippen LogP contribution in [0.25, 0.3) is 0 Å². The molecule has 30 heavy (non-hydrogen) atoms. The number of aryl methyl sites for hydroxylation is 1. The number of benzene rings is 3. The lowest BCUT2D eigenvalue weighted by atomic mass is 10.1. The molecule has 7 heteroatoms. The Kier molecular flexibility index (Phi) is 6.87. The average Bonchev–Trinajstić information content (AvgIpc) is 2.74. The number of methoxy groups -OCH3 is 1. The molecule has 3 aromatic carbocycles. The molecule has 3 rings (SSSR count). The number of anilines is 1. The predicted octanol–water partition coefficient (Wildman–Crippen LogP) is 3.53. The van der Waals surface area contributed by atoms with E-state index in [-0.39, 0.29) is 11.3 Å². The molecule has 0 aromatic heterocycles. The van der Waals surface area contributed by atoms with Gasteiger partial charge < -0.3 is 10.1 Å². The number of carbonyl (C=O) groups excluding carboxylic acids is 1. The van der Waals surface area contributed by atoms with E-state index in [1.54, 1.807) is 37.3 Å². The van der Waals surface area contributed by atoms with Crippen LogP contribution in [0.2, 0.25) is 0 Å². The van der Waals surface area contributed by atoms with Gasteiger partial charge in [0, 0.05) is 5.69 Å². The van der Waals surface area contributed by atoms with Crippen molar-refractivity contribution in [3.05, 3.63) is 90.0 Å². The number of hydrogen-bond acceptors (Lipinski definition) is 4. The molecule has 0 saturated heterocycles. The summed E-state index contributed by atoms with van der Waals surface area (Å²) in [6, 6.07) is 21.8. The van der Waals surface area contributed by atoms with E-state index in [1.165, 1.54) is 19.2 Å². The second-order valence-corrected chi connectivity index (χ2v) is 8.56. The maximum absolute atomic E-state index is 13.0. The third-order valence-electron chi connectivity index (χ3n) is 4.61. The molecule has 0 fully saturated rings. The Morgan fingerprint density at radius 1 is 0.967 bits per heavy atom. The highest BCUT2D eigenvalue weighted by molar-refractivity contribution is 7.89. The zero-order valence-corrected chi connectivity index (χ0v) is 17.6. The molecule has 0 aliphatic carbocycles. The zero-order valence-electron chi connectivity index (χ0n) is 16.8. The van der Waals surface area contributed by atoms with Crippen LogP contribution in [-0.2, 0) is 21.2 Å². The second kappa shape index (κ2) is 9.56. The molecule has 1 amide bonds. The molecule has 0 bridgehead atoms. The Labute approximate surface area is 177 Å². The van der Waals surface area contributed by atoms with Gasteiger partial charge in [-0.15, -0.1) is 0 Å². The van der Waals surface area contributed by atoms with Crippen LogP contribution >= 0.6 is 0 Å². The van der Waals surface area contributed by atoms with Gasteiger partial charge in [-0.05, 0) is 54.8 Å². The van der Waals surface area contributed by atoms with Gasteiger partial charge in [0.1, 0.15) is 11.8 Å². The van der Waals surface area contributed by atoms with Gasteiger partial charge >= 0.3 is 0 Å². The van der Waals surface area contributed by atoms with Crippen LogP contribution in [0.1, 0.15) is 11.1 Å². The maximum atomic E-state index is 13.0. The van der Waals surface area contributed by atoms with Crippen molar-refractivity contribution in [2.24, 2.45) is 0 Å². The van der Waals surface area contributed by atoms with Gasteiger partial charge in [0.2, 0.25) is 15.9 Å². The number of sulfonamides is 1. The molecule has 0 unspecified atom stereocenters. The minimum absolute atomic E-state index is 0.0753. The summed E-state index contributed by atoms with van der Waals surface area (Å²) in [6.45, 7) is 1.77. The fourth-order valence-electron chi connectivity index (χ4n) is 3.06. The third kappa shape index (κ3) is 5.46. The summed E-state index contributed by atoms with van der Waals surface area (Å²) in [5.74, 6) is 0.162. The van der Waals surface area contributed by atoms with E-state index in [2.05, 4.69) is 10.0 Å². The number of para-hydroxylation sites is 1. The van der Waals surface area contributed by atoms with Crippen molar-refractivity contribution in [2.45, 2.75) is 24.3 Å². The monoisotopic (exact) mass is 424 g/mol. The summed E-state index contributed by atoms with van der Waals surface area (Å²) in [6.07, 6.45) is 0.216. The van der Waals surface area contributed by atoms with Crippen molar-refractivity contribution in [3.8, 4) is 5.75 Å². The van der Waals surface area contributed by atoms with E-state index in [0.717, 1.165) is 5.56 Å². The maximum Gasteiger partial charge on any atom is 0.242 e. The number of hydrogen-bond donors (Lipinski definition) is 2. The molecule has 0 saturated carbocycles. The fourth-order valence-corrected chi connectivity index (χ4v) is 4.34. The Bertz CT molecular complexity index is 1100. The first-order chi connectivity index (χ1) is 14.4. The second-order valence-electron chi connectivity index (χ2n) is 6.85. The van der Waals surface area contributed by atoms with Crippen molar-refractivity contribution in [1.29, 1.82) is 0 Å². The van der Waals surface area contributed by atoms with Crippen LogP contribution in [0.5, 0.6) is 5.75 Å². The number of carbonyl (C=O) groups is 1. The highest BCUT2D eigenvalue weighted by Crippen LogP contribution is 2.22. The van der Waals surface area contributed by atoms with Crippen molar-refractivity contribution >= 4 is 21.6 Å². The first-order valence-electron chi connectivity index (χ1n) is 9.46. The van der Waals surface area contributed by atoms with Gasteiger partial charge in [0.05, 0.1) is 12.0 Å². The third-order valence-corrected chi connectivity index (χ3v) is 6.08. The first-order valence-corrected chi connectivity index (χ1v) is 10.9. The lowest BCUT2D eigenvalue weighted by Gasteiger charge is -2.19. The molecule has 0 spiro atoms. The highest BCUT2D eigenvalue weighted by Gasteiger charge is 2.26. The van der Waals surface area contributed by atoms with E-state index in [4.69, 9.17) is 4.74 Å². The summed E-state index contributed by atoms with van der Waals surface area (Å²) in [4.78, 5) is 13.0. The molecular formula is C23H24N2O4S. The topological polar surface area (TPSA) is 84.5 Å². The predicted molar refractivity (Wildman–Crippen MR) is 117 cm³/mol. The van der Waals surface area contributed by atoms with Crippen LogP contribution in [-0.4, -0.2) is 27.5 Å². The molecule has 3 aromatic rings. The number of amides is 1. The number of nitrogens with one attached hydrogen (secondary N) is 2. The molecule has 1 atom stereocenters. The molecular weight excluding hydrogens is 400 g/mol. The van der Waals surface area contributed by atoms with Gasteiger partial charge in [0.25, 0.3) is 0 Å². The number of ether oxygens (including phenoxy) is 1. The normalized spacial score (nSPS) is 12.2. The minimum Gasteiger partial charge on any atom is -0.496 e. The highest BCUT2D eigenvalue weighted by atomic mass is 32.2. The van der Waals surface area contributed by atoms with Crippen LogP contribution < -0.4 is 14.8 Å². The van der Waals surface area contributed by atoms with Crippen LogP contribution in [0.4, 0.5) is 5.69 Å². The van der Waals surface area contributed by atoms with Crippen LogP contribution in [0, 0.1) is 6.92 Å². The van der Waals surface area contributed by atoms with Gasteiger partial charge in [-0.3, -0.25) is 4.79 Å². The summed E-state index contributed by atoms with van der Waals surface area (Å²) >= 11 is 0. The van der Waals surface area contributed by atoms with Crippen LogP contribution in [0.15, 0.2) is 83.8 Å². The van der Waals surface area contributed by atoms with Gasteiger partial charge in [-0.2, -0.15) is 4.72 Å². The molecule has 0 aliphatic heterocycles. The Hall–Kier alpha value is -3.16. The van der Waals surface area contributed by atoms with E-state index < -0.39 is 22.0 Å². The summed E-state index contributed by atoms with van der Waals surface area (Å²) in [7, 11) is -2.40. The van der Waals surface area contributed by atoms with E-state index >= 15 is 0 Å². The molecule has 0 radical (unpaired) electrons. The van der Waals surface area contributed by atoms with Crippen molar-refractivity contribution in [2.75, 3.05) is 12.4 Å². The fraction of sp³-hybridized carbons (Fsp3) is 0.174. The van der Waals surface area contributed by atoms with Gasteiger partial charge in [0.15, 0.2) is 0 Å². The Morgan fingerprint density at radius 3 is 2.20 bits per heavy atom. The lowest BCUT2D eigenvalue weighted by Crippen LogP contribution is -2.45. The molecule has 6 nitrogen and oxygen atoms in total. The van der Waals surface area contributed by atoms with Gasteiger partial charge in [-0.25, -0.2) is 8.42 Å². The molecule has 0 aliphatic rings. The SMILES string of the molecule is COc1ccc(S(=O)(=O)N[C@@H](Cc2ccccc2)C(=O)Nc2ccccc2)cc1C. The van der Waals surface area contributed by atoms with Crippen molar-refractivity contribution in [1.82, 2.24) is 4.72 Å². The van der Waals surface area contributed by atoms with Crippen molar-refractivity contribution < 1.29 is 17.9 Å². The van der Waals surface area contributed by atoms with Crippen LogP contribution in [0.3, 0.4) is 0 Å². The Balaban J connectivity index is 1.87. The molecule has 2 N–H and O–H groups in total. The first kappa shape index (κ1) is 21.5. The van der Waals surface area contributed by atoms with E-state index in [9.17, 15) is 13.2 Å². The average molecular weight is 425 g/mol. The summed E-state index contributed by atoms with van der Waals surface area (Å²) in [5, 5.41) is 2.78. The Morgan fingerprint density at radius 2 is 1.60 bits per heavy atom. The quantitative estimate of drug-likeness (QED) is 0.579. The van der Waals surface area contributed by atoms with E-state index in [1.807, 2.05) is 36.4 Å². The smallest absolute Gasteiger partial charge is 0.242 e. The molecule has 156 valence electrons. The standard InChI is InChI=1S/C23H24N2O4S/c1-17-15-20(13-14-22(17)29-2)30(27,28)25-21(16-18-9-5-3-6-10-18)23(26)24-19-11-7-4-8-12-19/h3-15,21,25H,16H2,1-2H3,(H,24,26)/t21-/m0/s1. The van der Waals surface area contributed by atoms with E-state index in [0.29, 0.717) is 17.0 Å².